The molecule has 174 valence electrons. The Kier molecular flexibility index (Phi) is 17.9. The molecule has 0 heterocycles. The minimum Gasteiger partial charge on any atom is -0.494 e. The summed E-state index contributed by atoms with van der Waals surface area (Å²) in [5.74, 6) is 0.675. The summed E-state index contributed by atoms with van der Waals surface area (Å²) >= 11 is 0. The zero-order valence-corrected chi connectivity index (χ0v) is 19.6. The molecule has 0 aliphatic heterocycles. The summed E-state index contributed by atoms with van der Waals surface area (Å²) in [5, 5.41) is 18.4. The third-order valence-electron chi connectivity index (χ3n) is 6.06. The van der Waals surface area contributed by atoms with E-state index in [9.17, 15) is 10.2 Å². The van der Waals surface area contributed by atoms with E-state index in [0.717, 1.165) is 24.3 Å². The number of hydrogen-bond acceptors (Lipinski definition) is 3. The van der Waals surface area contributed by atoms with E-state index in [1.807, 2.05) is 24.3 Å². The molecule has 3 heteroatoms. The standard InChI is InChI=1S/C27H48O3/c1-2-3-4-5-6-7-8-9-10-11-12-13-14-15-16-17-22-30-27-20-18-25(19-21-27)26(23-28)24-29/h18-21,26,28-29H,2-17,22-24H2,1H3. The SMILES string of the molecule is CCCCCCCCCCCCCCCCCCOc1ccc(C(CO)CO)cc1. The van der Waals surface area contributed by atoms with Crippen LogP contribution in [0.3, 0.4) is 0 Å². The minimum atomic E-state index is -0.195. The highest BCUT2D eigenvalue weighted by Gasteiger charge is 2.08. The molecular formula is C27H48O3. The fourth-order valence-electron chi connectivity index (χ4n) is 3.94. The number of aliphatic hydroxyl groups is 2. The zero-order valence-electron chi connectivity index (χ0n) is 19.6. The van der Waals surface area contributed by atoms with E-state index in [-0.39, 0.29) is 19.1 Å². The quantitative estimate of drug-likeness (QED) is 0.204. The monoisotopic (exact) mass is 420 g/mol. The molecule has 0 fully saturated rings. The van der Waals surface area contributed by atoms with Crippen molar-refractivity contribution in [3.05, 3.63) is 29.8 Å². The van der Waals surface area contributed by atoms with Crippen molar-refractivity contribution >= 4 is 0 Å². The molecule has 3 nitrogen and oxygen atoms in total. The van der Waals surface area contributed by atoms with Crippen LogP contribution in [0.5, 0.6) is 5.75 Å². The lowest BCUT2D eigenvalue weighted by Crippen LogP contribution is -2.08. The summed E-state index contributed by atoms with van der Waals surface area (Å²) in [6, 6.07) is 7.72. The van der Waals surface area contributed by atoms with E-state index in [2.05, 4.69) is 6.92 Å². The highest BCUT2D eigenvalue weighted by Crippen LogP contribution is 2.19. The topological polar surface area (TPSA) is 49.7 Å². The second-order valence-electron chi connectivity index (χ2n) is 8.78. The average molecular weight is 421 g/mol. The van der Waals surface area contributed by atoms with Crippen molar-refractivity contribution in [1.29, 1.82) is 0 Å². The van der Waals surface area contributed by atoms with Crippen LogP contribution >= 0.6 is 0 Å². The smallest absolute Gasteiger partial charge is 0.119 e. The average Bonchev–Trinajstić information content (AvgIpc) is 2.77. The van der Waals surface area contributed by atoms with Crippen LogP contribution in [0.25, 0.3) is 0 Å². The van der Waals surface area contributed by atoms with Gasteiger partial charge < -0.3 is 14.9 Å². The molecule has 30 heavy (non-hydrogen) atoms. The Balaban J connectivity index is 1.84. The Morgan fingerprint density at radius 3 is 1.40 bits per heavy atom. The van der Waals surface area contributed by atoms with Gasteiger partial charge in [-0.1, -0.05) is 115 Å². The van der Waals surface area contributed by atoms with Crippen LogP contribution in [0.2, 0.25) is 0 Å². The summed E-state index contributed by atoms with van der Waals surface area (Å²) in [7, 11) is 0. The third-order valence-corrected chi connectivity index (χ3v) is 6.06. The first-order chi connectivity index (χ1) is 14.8. The number of unbranched alkanes of at least 4 members (excludes halogenated alkanes) is 15. The lowest BCUT2D eigenvalue weighted by Gasteiger charge is -2.12. The number of rotatable bonds is 21. The van der Waals surface area contributed by atoms with Gasteiger partial charge in [0.1, 0.15) is 5.75 Å². The van der Waals surface area contributed by atoms with Crippen molar-refractivity contribution in [3.8, 4) is 5.75 Å². The van der Waals surface area contributed by atoms with E-state index in [1.165, 1.54) is 96.3 Å². The molecular weight excluding hydrogens is 372 g/mol. The van der Waals surface area contributed by atoms with Gasteiger partial charge in [-0.05, 0) is 24.1 Å². The molecule has 0 bridgehead atoms. The Morgan fingerprint density at radius 2 is 1.00 bits per heavy atom. The molecule has 2 N–H and O–H groups in total. The van der Waals surface area contributed by atoms with Crippen molar-refractivity contribution in [2.45, 2.75) is 116 Å². The van der Waals surface area contributed by atoms with Gasteiger partial charge in [-0.25, -0.2) is 0 Å². The molecule has 1 aromatic carbocycles. The highest BCUT2D eigenvalue weighted by molar-refractivity contribution is 5.29. The summed E-state index contributed by atoms with van der Waals surface area (Å²) in [4.78, 5) is 0. The van der Waals surface area contributed by atoms with Gasteiger partial charge >= 0.3 is 0 Å². The van der Waals surface area contributed by atoms with Crippen molar-refractivity contribution in [2.24, 2.45) is 0 Å². The zero-order chi connectivity index (χ0) is 21.7. The maximum absolute atomic E-state index is 9.22. The molecule has 1 rings (SSSR count). The van der Waals surface area contributed by atoms with Crippen LogP contribution in [0, 0.1) is 0 Å². The second kappa shape index (κ2) is 19.9. The molecule has 0 aliphatic carbocycles. The minimum absolute atomic E-state index is 0.0318. The van der Waals surface area contributed by atoms with Crippen molar-refractivity contribution in [1.82, 2.24) is 0 Å². The lowest BCUT2D eigenvalue weighted by atomic mass is 10.0. The van der Waals surface area contributed by atoms with Crippen LogP contribution in [-0.2, 0) is 0 Å². The highest BCUT2D eigenvalue weighted by atomic mass is 16.5. The van der Waals surface area contributed by atoms with Crippen molar-refractivity contribution in [2.75, 3.05) is 19.8 Å². The van der Waals surface area contributed by atoms with Crippen LogP contribution in [0.15, 0.2) is 24.3 Å². The second-order valence-corrected chi connectivity index (χ2v) is 8.78. The molecule has 0 unspecified atom stereocenters. The van der Waals surface area contributed by atoms with Crippen molar-refractivity contribution < 1.29 is 14.9 Å². The Hall–Kier alpha value is -1.06. The van der Waals surface area contributed by atoms with E-state index < -0.39 is 0 Å². The fourth-order valence-corrected chi connectivity index (χ4v) is 3.94. The van der Waals surface area contributed by atoms with Gasteiger partial charge in [-0.3, -0.25) is 0 Å². The molecule has 0 aliphatic rings. The first-order valence-corrected chi connectivity index (χ1v) is 12.8. The Labute approximate surface area is 186 Å². The predicted octanol–water partition coefficient (Wildman–Crippen LogP) is 7.40. The Morgan fingerprint density at radius 1 is 0.600 bits per heavy atom. The summed E-state index contributed by atoms with van der Waals surface area (Å²) in [6.45, 7) is 2.99. The molecule has 0 saturated heterocycles. The third kappa shape index (κ3) is 14.0. The Bertz CT molecular complexity index is 468. The first kappa shape index (κ1) is 27.0. The number of ether oxygens (including phenoxy) is 1. The molecule has 0 amide bonds. The molecule has 0 radical (unpaired) electrons. The normalized spacial score (nSPS) is 11.3. The summed E-state index contributed by atoms with van der Waals surface area (Å²) < 4.78 is 5.80. The van der Waals surface area contributed by atoms with Gasteiger partial charge in [0.2, 0.25) is 0 Å². The summed E-state index contributed by atoms with van der Waals surface area (Å²) in [6.07, 6.45) is 22.1. The molecule has 0 saturated carbocycles. The van der Waals surface area contributed by atoms with Crippen LogP contribution in [-0.4, -0.2) is 30.0 Å². The van der Waals surface area contributed by atoms with Gasteiger partial charge in [0.05, 0.1) is 19.8 Å². The maximum atomic E-state index is 9.22. The molecule has 1 aromatic rings. The van der Waals surface area contributed by atoms with Crippen LogP contribution in [0.4, 0.5) is 0 Å². The number of benzene rings is 1. The number of hydrogen-bond donors (Lipinski definition) is 2. The fraction of sp³-hybridized carbons (Fsp3) is 0.778. The number of aliphatic hydroxyl groups excluding tert-OH is 2. The van der Waals surface area contributed by atoms with E-state index in [0.29, 0.717) is 0 Å². The molecule has 0 spiro atoms. The van der Waals surface area contributed by atoms with Gasteiger partial charge in [0.25, 0.3) is 0 Å². The summed E-state index contributed by atoms with van der Waals surface area (Å²) in [5.41, 5.74) is 0.953. The van der Waals surface area contributed by atoms with Crippen LogP contribution < -0.4 is 4.74 Å². The molecule has 0 atom stereocenters. The van der Waals surface area contributed by atoms with E-state index >= 15 is 0 Å². The predicted molar refractivity (Wildman–Crippen MR) is 128 cm³/mol. The van der Waals surface area contributed by atoms with E-state index in [4.69, 9.17) is 4.74 Å². The van der Waals surface area contributed by atoms with Gasteiger partial charge in [-0.2, -0.15) is 0 Å². The maximum Gasteiger partial charge on any atom is 0.119 e. The van der Waals surface area contributed by atoms with Crippen molar-refractivity contribution in [3.63, 3.8) is 0 Å². The van der Waals surface area contributed by atoms with Crippen LogP contribution in [0.1, 0.15) is 121 Å². The lowest BCUT2D eigenvalue weighted by molar-refractivity contribution is 0.192. The van der Waals surface area contributed by atoms with Gasteiger partial charge in [-0.15, -0.1) is 0 Å². The van der Waals surface area contributed by atoms with Gasteiger partial charge in [0, 0.05) is 5.92 Å². The largest absolute Gasteiger partial charge is 0.494 e. The van der Waals surface area contributed by atoms with E-state index in [1.54, 1.807) is 0 Å². The first-order valence-electron chi connectivity index (χ1n) is 12.8. The molecule has 0 aromatic heterocycles. The van der Waals surface area contributed by atoms with Gasteiger partial charge in [0.15, 0.2) is 0 Å².